The van der Waals surface area contributed by atoms with Crippen LogP contribution < -0.4 is 0 Å². The Hall–Kier alpha value is -1.90. The Morgan fingerprint density at radius 1 is 1.19 bits per heavy atom. The summed E-state index contributed by atoms with van der Waals surface area (Å²) in [6.07, 6.45) is 2.12. The third-order valence-corrected chi connectivity index (χ3v) is 7.02. The molecule has 2 aliphatic heterocycles. The van der Waals surface area contributed by atoms with E-state index < -0.39 is 15.8 Å². The number of fused-ring (bicyclic) bond motifs is 1. The van der Waals surface area contributed by atoms with E-state index in [1.165, 1.54) is 17.7 Å². The van der Waals surface area contributed by atoms with Gasteiger partial charge in [0.05, 0.1) is 11.5 Å². The number of carboxylic acid groups (broad SMARTS) is 1. The summed E-state index contributed by atoms with van der Waals surface area (Å²) >= 11 is 0. The topological polar surface area (TPSA) is 98.2 Å². The first-order valence-corrected chi connectivity index (χ1v) is 10.9. The molecular formula is C19H26N2O5S. The van der Waals surface area contributed by atoms with Crippen molar-refractivity contribution < 1.29 is 23.4 Å². The van der Waals surface area contributed by atoms with Crippen LogP contribution in [0.15, 0.2) is 29.8 Å². The number of carbonyl (C=O) groups is 1. The van der Waals surface area contributed by atoms with Crippen LogP contribution in [0, 0.1) is 0 Å². The molecule has 0 amide bonds. The van der Waals surface area contributed by atoms with E-state index in [4.69, 9.17) is 0 Å². The minimum Gasteiger partial charge on any atom is -0.507 e. The Kier molecular flexibility index (Phi) is 5.60. The highest BCUT2D eigenvalue weighted by Gasteiger charge is 2.46. The largest absolute Gasteiger partial charge is 0.507 e. The molecule has 2 atom stereocenters. The number of sulfone groups is 1. The number of hydrogen-bond donors (Lipinski definition) is 2. The maximum absolute atomic E-state index is 12.3. The van der Waals surface area contributed by atoms with E-state index in [2.05, 4.69) is 15.9 Å². The van der Waals surface area contributed by atoms with Crippen LogP contribution in [0.5, 0.6) is 5.75 Å². The smallest absolute Gasteiger partial charge is 0.339 e. The summed E-state index contributed by atoms with van der Waals surface area (Å²) in [6.45, 7) is 6.76. The molecule has 0 saturated carbocycles. The van der Waals surface area contributed by atoms with E-state index in [1.54, 1.807) is 6.07 Å². The van der Waals surface area contributed by atoms with Gasteiger partial charge >= 0.3 is 5.97 Å². The average Bonchev–Trinajstić information content (AvgIpc) is 2.91. The molecule has 0 bridgehead atoms. The molecule has 1 aromatic rings. The van der Waals surface area contributed by atoms with Crippen molar-refractivity contribution >= 4 is 15.8 Å². The summed E-state index contributed by atoms with van der Waals surface area (Å²) in [5.74, 6) is -1.14. The zero-order chi connectivity index (χ0) is 19.8. The summed E-state index contributed by atoms with van der Waals surface area (Å²) < 4.78 is 24.6. The predicted molar refractivity (Wildman–Crippen MR) is 103 cm³/mol. The van der Waals surface area contributed by atoms with Crippen molar-refractivity contribution in [3.63, 3.8) is 0 Å². The molecular weight excluding hydrogens is 368 g/mol. The number of rotatable bonds is 5. The number of aromatic hydroxyl groups is 1. The van der Waals surface area contributed by atoms with Crippen molar-refractivity contribution in [3.8, 4) is 5.75 Å². The molecule has 0 radical (unpaired) electrons. The lowest BCUT2D eigenvalue weighted by molar-refractivity contribution is 0.0477. The molecule has 7 nitrogen and oxygen atoms in total. The van der Waals surface area contributed by atoms with E-state index in [0.29, 0.717) is 6.54 Å². The number of nitrogens with zero attached hydrogens (tertiary/aromatic N) is 2. The van der Waals surface area contributed by atoms with Crippen LogP contribution in [0.3, 0.4) is 0 Å². The second-order valence-corrected chi connectivity index (χ2v) is 9.77. The number of hydrogen-bond acceptors (Lipinski definition) is 6. The van der Waals surface area contributed by atoms with E-state index in [0.717, 1.165) is 25.2 Å². The fourth-order valence-electron chi connectivity index (χ4n) is 3.91. The van der Waals surface area contributed by atoms with Crippen LogP contribution in [0.4, 0.5) is 0 Å². The maximum Gasteiger partial charge on any atom is 0.339 e. The second kappa shape index (κ2) is 7.61. The molecule has 2 saturated heterocycles. The van der Waals surface area contributed by atoms with Gasteiger partial charge in [-0.3, -0.25) is 9.80 Å². The highest BCUT2D eigenvalue weighted by Crippen LogP contribution is 2.29. The van der Waals surface area contributed by atoms with Crippen molar-refractivity contribution in [3.05, 3.63) is 41.0 Å². The molecule has 0 aromatic heterocycles. The molecule has 0 spiro atoms. The second-order valence-electron chi connectivity index (χ2n) is 7.62. The molecule has 2 N–H and O–H groups in total. The lowest BCUT2D eigenvalue weighted by Gasteiger charge is -2.43. The van der Waals surface area contributed by atoms with Crippen molar-refractivity contribution in [2.45, 2.75) is 32.5 Å². The lowest BCUT2D eigenvalue weighted by atomic mass is 10.0. The van der Waals surface area contributed by atoms with Gasteiger partial charge < -0.3 is 10.2 Å². The molecule has 8 heteroatoms. The standard InChI is InChI=1S/C19H26N2O5S/c1-13(2)5-6-20-7-8-21(17-12-27(25,26)11-16(17)20)10-14-3-4-18(22)15(9-14)19(23)24/h3-5,9,16-17,22H,6-8,10-12H2,1-2H3,(H,23,24)/t16-,17+/m1/s1. The van der Waals surface area contributed by atoms with Crippen LogP contribution in [0.1, 0.15) is 29.8 Å². The van der Waals surface area contributed by atoms with Gasteiger partial charge in [0.1, 0.15) is 11.3 Å². The van der Waals surface area contributed by atoms with Gasteiger partial charge in [-0.1, -0.05) is 17.7 Å². The Morgan fingerprint density at radius 3 is 2.44 bits per heavy atom. The lowest BCUT2D eigenvalue weighted by Crippen LogP contribution is -2.58. The molecule has 3 rings (SSSR count). The molecule has 148 valence electrons. The van der Waals surface area contributed by atoms with Crippen LogP contribution in [0.25, 0.3) is 0 Å². The number of aromatic carboxylic acids is 1. The molecule has 27 heavy (non-hydrogen) atoms. The van der Waals surface area contributed by atoms with Gasteiger partial charge in [-0.25, -0.2) is 13.2 Å². The Balaban J connectivity index is 1.80. The first kappa shape index (κ1) is 19.9. The Morgan fingerprint density at radius 2 is 1.81 bits per heavy atom. The average molecular weight is 394 g/mol. The van der Waals surface area contributed by atoms with E-state index in [9.17, 15) is 23.4 Å². The van der Waals surface area contributed by atoms with E-state index in [1.807, 2.05) is 13.8 Å². The number of allylic oxidation sites excluding steroid dienone is 1. The van der Waals surface area contributed by atoms with E-state index >= 15 is 0 Å². The van der Waals surface area contributed by atoms with Crippen molar-refractivity contribution in [2.75, 3.05) is 31.1 Å². The van der Waals surface area contributed by atoms with Crippen LogP contribution in [0.2, 0.25) is 0 Å². The van der Waals surface area contributed by atoms with Gasteiger partial charge in [-0.2, -0.15) is 0 Å². The zero-order valence-electron chi connectivity index (χ0n) is 15.6. The summed E-state index contributed by atoms with van der Waals surface area (Å²) in [5.41, 5.74) is 1.83. The SMILES string of the molecule is CC(C)=CCN1CCN(Cc2ccc(O)c(C(=O)O)c2)[C@H]2CS(=O)(=O)C[C@H]21. The van der Waals surface area contributed by atoms with Gasteiger partial charge in [0, 0.05) is 38.3 Å². The summed E-state index contributed by atoms with van der Waals surface area (Å²) in [7, 11) is -3.09. The summed E-state index contributed by atoms with van der Waals surface area (Å²) in [4.78, 5) is 15.6. The third-order valence-electron chi connectivity index (χ3n) is 5.32. The first-order valence-electron chi connectivity index (χ1n) is 9.03. The number of benzene rings is 1. The van der Waals surface area contributed by atoms with Crippen LogP contribution in [-0.2, 0) is 16.4 Å². The molecule has 2 heterocycles. The van der Waals surface area contributed by atoms with Gasteiger partial charge in [0.15, 0.2) is 9.84 Å². The van der Waals surface area contributed by atoms with Crippen molar-refractivity contribution in [1.82, 2.24) is 9.80 Å². The van der Waals surface area contributed by atoms with Gasteiger partial charge in [0.2, 0.25) is 0 Å². The van der Waals surface area contributed by atoms with Gasteiger partial charge in [-0.15, -0.1) is 0 Å². The van der Waals surface area contributed by atoms with Crippen molar-refractivity contribution in [2.24, 2.45) is 0 Å². The normalized spacial score (nSPS) is 25.1. The maximum atomic E-state index is 12.3. The Bertz CT molecular complexity index is 861. The fourth-order valence-corrected chi connectivity index (χ4v) is 5.95. The number of phenols is 1. The predicted octanol–water partition coefficient (Wildman–Crippen LogP) is 1.34. The highest BCUT2D eigenvalue weighted by atomic mass is 32.2. The third kappa shape index (κ3) is 4.51. The fraction of sp³-hybridized carbons (Fsp3) is 0.526. The molecule has 2 fully saturated rings. The van der Waals surface area contributed by atoms with Crippen LogP contribution >= 0.6 is 0 Å². The number of piperazine rings is 1. The van der Waals surface area contributed by atoms with Gasteiger partial charge in [0.25, 0.3) is 0 Å². The minimum absolute atomic E-state index is 0.0459. The highest BCUT2D eigenvalue weighted by molar-refractivity contribution is 7.91. The quantitative estimate of drug-likeness (QED) is 0.727. The molecule has 0 unspecified atom stereocenters. The number of carboxylic acids is 1. The zero-order valence-corrected chi connectivity index (χ0v) is 16.4. The minimum atomic E-state index is -3.09. The van der Waals surface area contributed by atoms with Crippen LogP contribution in [-0.4, -0.2) is 77.6 Å². The molecule has 2 aliphatic rings. The monoisotopic (exact) mass is 394 g/mol. The summed E-state index contributed by atoms with van der Waals surface area (Å²) in [5, 5.41) is 18.9. The molecule has 1 aromatic carbocycles. The van der Waals surface area contributed by atoms with Crippen molar-refractivity contribution in [1.29, 1.82) is 0 Å². The summed E-state index contributed by atoms with van der Waals surface area (Å²) in [6, 6.07) is 4.39. The van der Waals surface area contributed by atoms with E-state index in [-0.39, 0.29) is 34.9 Å². The first-order chi connectivity index (χ1) is 12.7. The Labute approximate surface area is 159 Å². The van der Waals surface area contributed by atoms with Gasteiger partial charge in [-0.05, 0) is 31.5 Å². The molecule has 0 aliphatic carbocycles.